The Kier molecular flexibility index (Phi) is 3.78. The highest BCUT2D eigenvalue weighted by molar-refractivity contribution is 5.90. The molecule has 3 N–H and O–H groups in total. The van der Waals surface area contributed by atoms with Gasteiger partial charge in [0.15, 0.2) is 18.1 Å². The van der Waals surface area contributed by atoms with Gasteiger partial charge in [-0.1, -0.05) is 5.16 Å². The number of carbonyl (C=O) groups is 1. The van der Waals surface area contributed by atoms with Crippen molar-refractivity contribution < 1.29 is 19.1 Å². The standard InChI is InChI=1S/C12H15N3O3/c1-8-6-11(15-18-8)14-12(16)7-13-9(2)10-4-3-5-17-10/h3-6,9,13H,7H2,1-2H3,(H,14,15,16)/p+1/t9-/m1/s1. The van der Waals surface area contributed by atoms with Crippen LogP contribution < -0.4 is 10.6 Å². The summed E-state index contributed by atoms with van der Waals surface area (Å²) in [6.45, 7) is 4.05. The van der Waals surface area contributed by atoms with Crippen LogP contribution in [0.15, 0.2) is 33.4 Å². The van der Waals surface area contributed by atoms with Crippen LogP contribution in [-0.4, -0.2) is 17.6 Å². The van der Waals surface area contributed by atoms with Crippen LogP contribution in [0.2, 0.25) is 0 Å². The minimum absolute atomic E-state index is 0.102. The van der Waals surface area contributed by atoms with E-state index in [1.807, 2.05) is 24.4 Å². The summed E-state index contributed by atoms with van der Waals surface area (Å²) in [4.78, 5) is 11.6. The summed E-state index contributed by atoms with van der Waals surface area (Å²) in [5.41, 5.74) is 0. The molecule has 0 saturated heterocycles. The number of quaternary nitrogens is 1. The quantitative estimate of drug-likeness (QED) is 0.823. The maximum absolute atomic E-state index is 11.6. The molecular formula is C12H16N3O3+. The van der Waals surface area contributed by atoms with Gasteiger partial charge >= 0.3 is 0 Å². The number of rotatable bonds is 5. The molecule has 2 aromatic heterocycles. The molecule has 0 aliphatic carbocycles. The number of aromatic nitrogens is 1. The zero-order valence-electron chi connectivity index (χ0n) is 10.3. The van der Waals surface area contributed by atoms with Gasteiger partial charge in [-0.3, -0.25) is 4.79 Å². The van der Waals surface area contributed by atoms with E-state index < -0.39 is 0 Å². The number of amides is 1. The second-order valence-corrected chi connectivity index (χ2v) is 4.11. The third-order valence-corrected chi connectivity index (χ3v) is 2.54. The van der Waals surface area contributed by atoms with Crippen molar-refractivity contribution in [1.82, 2.24) is 5.16 Å². The summed E-state index contributed by atoms with van der Waals surface area (Å²) in [7, 11) is 0. The van der Waals surface area contributed by atoms with E-state index in [0.717, 1.165) is 5.76 Å². The predicted molar refractivity (Wildman–Crippen MR) is 63.8 cm³/mol. The summed E-state index contributed by atoms with van der Waals surface area (Å²) in [5, 5.41) is 8.24. The molecule has 2 heterocycles. The van der Waals surface area contributed by atoms with Gasteiger partial charge in [-0.05, 0) is 26.0 Å². The van der Waals surface area contributed by atoms with E-state index in [9.17, 15) is 4.79 Å². The fourth-order valence-electron chi connectivity index (χ4n) is 1.57. The lowest BCUT2D eigenvalue weighted by atomic mass is 10.2. The van der Waals surface area contributed by atoms with E-state index in [1.165, 1.54) is 0 Å². The number of carbonyl (C=O) groups excluding carboxylic acids is 1. The van der Waals surface area contributed by atoms with Gasteiger partial charge in [-0.15, -0.1) is 0 Å². The van der Waals surface area contributed by atoms with E-state index >= 15 is 0 Å². The molecule has 0 aliphatic rings. The molecule has 2 rings (SSSR count). The molecular weight excluding hydrogens is 234 g/mol. The number of nitrogens with zero attached hydrogens (tertiary/aromatic N) is 1. The van der Waals surface area contributed by atoms with Crippen LogP contribution >= 0.6 is 0 Å². The van der Waals surface area contributed by atoms with Crippen molar-refractivity contribution >= 4 is 11.7 Å². The Morgan fingerprint density at radius 2 is 2.44 bits per heavy atom. The summed E-state index contributed by atoms with van der Waals surface area (Å²) in [6, 6.07) is 5.50. The number of aryl methyl sites for hydroxylation is 1. The first-order valence-electron chi connectivity index (χ1n) is 5.75. The Labute approximate surface area is 104 Å². The molecule has 1 amide bonds. The Morgan fingerprint density at radius 3 is 3.06 bits per heavy atom. The number of furan rings is 1. The fourth-order valence-corrected chi connectivity index (χ4v) is 1.57. The predicted octanol–water partition coefficient (Wildman–Crippen LogP) is 0.839. The van der Waals surface area contributed by atoms with Crippen molar-refractivity contribution in [2.75, 3.05) is 11.9 Å². The Hall–Kier alpha value is -2.08. The highest BCUT2D eigenvalue weighted by Crippen LogP contribution is 2.08. The van der Waals surface area contributed by atoms with Crippen LogP contribution in [0.3, 0.4) is 0 Å². The highest BCUT2D eigenvalue weighted by atomic mass is 16.5. The molecule has 18 heavy (non-hydrogen) atoms. The van der Waals surface area contributed by atoms with Crippen molar-refractivity contribution in [2.45, 2.75) is 19.9 Å². The Morgan fingerprint density at radius 1 is 1.61 bits per heavy atom. The second-order valence-electron chi connectivity index (χ2n) is 4.11. The molecule has 0 aliphatic heterocycles. The van der Waals surface area contributed by atoms with Crippen molar-refractivity contribution in [2.24, 2.45) is 0 Å². The van der Waals surface area contributed by atoms with Gasteiger partial charge in [-0.25, -0.2) is 0 Å². The first-order chi connectivity index (χ1) is 8.65. The van der Waals surface area contributed by atoms with Crippen molar-refractivity contribution in [3.8, 4) is 0 Å². The summed E-state index contributed by atoms with van der Waals surface area (Å²) < 4.78 is 10.1. The molecule has 0 aromatic carbocycles. The Bertz CT molecular complexity index is 504. The van der Waals surface area contributed by atoms with E-state index in [4.69, 9.17) is 8.94 Å². The molecule has 6 nitrogen and oxygen atoms in total. The van der Waals surface area contributed by atoms with Gasteiger partial charge in [0.2, 0.25) is 0 Å². The summed E-state index contributed by atoms with van der Waals surface area (Å²) in [5.74, 6) is 1.83. The van der Waals surface area contributed by atoms with E-state index in [2.05, 4.69) is 10.5 Å². The molecule has 6 heteroatoms. The fraction of sp³-hybridized carbons (Fsp3) is 0.333. The van der Waals surface area contributed by atoms with Crippen LogP contribution in [0, 0.1) is 6.92 Å². The number of nitrogens with two attached hydrogens (primary N) is 1. The van der Waals surface area contributed by atoms with E-state index in [-0.39, 0.29) is 11.9 Å². The maximum atomic E-state index is 11.6. The van der Waals surface area contributed by atoms with Gasteiger partial charge in [0.1, 0.15) is 11.8 Å². The topological polar surface area (TPSA) is 84.9 Å². The first kappa shape index (κ1) is 12.4. The summed E-state index contributed by atoms with van der Waals surface area (Å²) in [6.07, 6.45) is 1.62. The van der Waals surface area contributed by atoms with E-state index in [0.29, 0.717) is 18.1 Å². The number of anilines is 1. The SMILES string of the molecule is Cc1cc(NC(=O)C[NH2+][C@H](C)c2ccco2)no1. The van der Waals surface area contributed by atoms with Gasteiger partial charge in [0, 0.05) is 6.07 Å². The van der Waals surface area contributed by atoms with Crippen molar-refractivity contribution in [3.05, 3.63) is 36.0 Å². The van der Waals surface area contributed by atoms with Gasteiger partial charge in [0.25, 0.3) is 5.91 Å². The molecule has 0 fully saturated rings. The lowest BCUT2D eigenvalue weighted by Crippen LogP contribution is -2.86. The highest BCUT2D eigenvalue weighted by Gasteiger charge is 2.14. The molecule has 0 saturated carbocycles. The number of hydrogen-bond acceptors (Lipinski definition) is 4. The molecule has 0 spiro atoms. The molecule has 0 radical (unpaired) electrons. The minimum Gasteiger partial charge on any atom is -0.463 e. The average Bonchev–Trinajstić information content (AvgIpc) is 2.97. The van der Waals surface area contributed by atoms with Crippen LogP contribution in [0.25, 0.3) is 0 Å². The number of nitrogens with one attached hydrogen (secondary N) is 1. The molecule has 2 aromatic rings. The van der Waals surface area contributed by atoms with Crippen molar-refractivity contribution in [3.63, 3.8) is 0 Å². The first-order valence-corrected chi connectivity index (χ1v) is 5.75. The molecule has 96 valence electrons. The molecule has 1 atom stereocenters. The minimum atomic E-state index is -0.123. The lowest BCUT2D eigenvalue weighted by molar-refractivity contribution is -0.684. The zero-order chi connectivity index (χ0) is 13.0. The smallest absolute Gasteiger partial charge is 0.280 e. The van der Waals surface area contributed by atoms with Crippen LogP contribution in [0.5, 0.6) is 0 Å². The van der Waals surface area contributed by atoms with Gasteiger partial charge in [-0.2, -0.15) is 0 Å². The zero-order valence-corrected chi connectivity index (χ0v) is 10.3. The Balaban J connectivity index is 1.78. The monoisotopic (exact) mass is 250 g/mol. The third kappa shape index (κ3) is 3.21. The van der Waals surface area contributed by atoms with Crippen LogP contribution in [0.4, 0.5) is 5.82 Å². The third-order valence-electron chi connectivity index (χ3n) is 2.54. The second kappa shape index (κ2) is 5.50. The largest absolute Gasteiger partial charge is 0.463 e. The average molecular weight is 250 g/mol. The van der Waals surface area contributed by atoms with Crippen LogP contribution in [0.1, 0.15) is 24.5 Å². The van der Waals surface area contributed by atoms with Gasteiger partial charge in [0.05, 0.1) is 6.26 Å². The normalized spacial score (nSPS) is 12.3. The number of hydrogen-bond donors (Lipinski definition) is 2. The van der Waals surface area contributed by atoms with Crippen LogP contribution in [-0.2, 0) is 4.79 Å². The molecule has 0 unspecified atom stereocenters. The maximum Gasteiger partial charge on any atom is 0.280 e. The van der Waals surface area contributed by atoms with E-state index in [1.54, 1.807) is 19.3 Å². The summed E-state index contributed by atoms with van der Waals surface area (Å²) >= 11 is 0. The van der Waals surface area contributed by atoms with Crippen molar-refractivity contribution in [1.29, 1.82) is 0 Å². The lowest BCUT2D eigenvalue weighted by Gasteiger charge is -2.07. The van der Waals surface area contributed by atoms with Gasteiger partial charge < -0.3 is 19.6 Å². The molecule has 0 bridgehead atoms.